The Morgan fingerprint density at radius 1 is 1.37 bits per heavy atom. The van der Waals surface area contributed by atoms with Crippen LogP contribution in [0.1, 0.15) is 18.1 Å². The van der Waals surface area contributed by atoms with Gasteiger partial charge in [-0.25, -0.2) is 13.1 Å². The van der Waals surface area contributed by atoms with E-state index in [-0.39, 0.29) is 18.2 Å². The fourth-order valence-electron chi connectivity index (χ4n) is 2.08. The van der Waals surface area contributed by atoms with Crippen molar-refractivity contribution in [3.8, 4) is 0 Å². The summed E-state index contributed by atoms with van der Waals surface area (Å²) >= 11 is 0. The lowest BCUT2D eigenvalue weighted by molar-refractivity contribution is 0.181. The van der Waals surface area contributed by atoms with Crippen LogP contribution in [0.2, 0.25) is 0 Å². The van der Waals surface area contributed by atoms with Crippen LogP contribution in [0, 0.1) is 5.92 Å². The van der Waals surface area contributed by atoms with E-state index in [0.29, 0.717) is 18.8 Å². The predicted octanol–water partition coefficient (Wildman–Crippen LogP) is 0.676. The zero-order valence-corrected chi connectivity index (χ0v) is 11.5. The molecule has 6 heteroatoms. The van der Waals surface area contributed by atoms with Crippen molar-refractivity contribution in [3.05, 3.63) is 35.9 Å². The highest BCUT2D eigenvalue weighted by Gasteiger charge is 2.23. The van der Waals surface area contributed by atoms with Crippen LogP contribution in [0.15, 0.2) is 30.3 Å². The summed E-state index contributed by atoms with van der Waals surface area (Å²) in [6, 6.07) is 9.00. The van der Waals surface area contributed by atoms with Crippen LogP contribution >= 0.6 is 0 Å². The Bertz CT molecular complexity index is 483. The fraction of sp³-hybridized carbons (Fsp3) is 0.538. The third-order valence-electron chi connectivity index (χ3n) is 3.16. The fourth-order valence-corrected chi connectivity index (χ4v) is 3.50. The van der Waals surface area contributed by atoms with Gasteiger partial charge in [0.1, 0.15) is 0 Å². The number of aliphatic hydroxyl groups excluding tert-OH is 1. The van der Waals surface area contributed by atoms with Crippen LogP contribution in [-0.2, 0) is 14.8 Å². The van der Waals surface area contributed by atoms with Crippen molar-refractivity contribution in [1.29, 1.82) is 0 Å². The van der Waals surface area contributed by atoms with Crippen molar-refractivity contribution >= 4 is 10.0 Å². The maximum atomic E-state index is 11.8. The molecule has 5 nitrogen and oxygen atoms in total. The molecule has 0 saturated carbocycles. The molecule has 0 amide bonds. The third-order valence-corrected chi connectivity index (χ3v) is 4.68. The molecule has 2 rings (SSSR count). The summed E-state index contributed by atoms with van der Waals surface area (Å²) in [5.41, 5.74) is 0.703. The Morgan fingerprint density at radius 2 is 2.11 bits per heavy atom. The number of ether oxygens (including phenoxy) is 1. The highest BCUT2D eigenvalue weighted by molar-refractivity contribution is 7.89. The van der Waals surface area contributed by atoms with Gasteiger partial charge in [-0.15, -0.1) is 0 Å². The van der Waals surface area contributed by atoms with E-state index in [0.717, 1.165) is 6.42 Å². The average molecular weight is 285 g/mol. The van der Waals surface area contributed by atoms with E-state index in [1.807, 2.05) is 18.2 Å². The molecule has 19 heavy (non-hydrogen) atoms. The molecule has 0 aromatic heterocycles. The molecule has 0 radical (unpaired) electrons. The van der Waals surface area contributed by atoms with Gasteiger partial charge in [-0.2, -0.15) is 0 Å². The molecule has 1 aromatic rings. The van der Waals surface area contributed by atoms with E-state index in [1.54, 1.807) is 12.1 Å². The summed E-state index contributed by atoms with van der Waals surface area (Å²) in [5, 5.41) is 9.89. The Labute approximate surface area is 113 Å². The molecule has 106 valence electrons. The third kappa shape index (κ3) is 4.58. The number of benzene rings is 1. The molecule has 1 fully saturated rings. The minimum absolute atomic E-state index is 0.0000756. The molecule has 0 spiro atoms. The first-order valence-electron chi connectivity index (χ1n) is 6.35. The van der Waals surface area contributed by atoms with E-state index >= 15 is 0 Å². The Balaban J connectivity index is 1.83. The van der Waals surface area contributed by atoms with E-state index in [2.05, 4.69) is 4.72 Å². The maximum absolute atomic E-state index is 11.8. The van der Waals surface area contributed by atoms with Crippen LogP contribution in [0.4, 0.5) is 0 Å². The van der Waals surface area contributed by atoms with Crippen molar-refractivity contribution in [2.24, 2.45) is 5.92 Å². The second kappa shape index (κ2) is 6.47. The normalized spacial score (nSPS) is 21.4. The first kappa shape index (κ1) is 14.5. The van der Waals surface area contributed by atoms with E-state index < -0.39 is 16.1 Å². The van der Waals surface area contributed by atoms with Gasteiger partial charge in [-0.05, 0) is 17.9 Å². The molecule has 1 aromatic carbocycles. The van der Waals surface area contributed by atoms with Gasteiger partial charge in [0.05, 0.1) is 18.5 Å². The van der Waals surface area contributed by atoms with Crippen LogP contribution in [0.5, 0.6) is 0 Å². The SMILES string of the molecule is O=S(=O)(CC1CCOC1)NCC(O)c1ccccc1. The highest BCUT2D eigenvalue weighted by Crippen LogP contribution is 2.15. The first-order chi connectivity index (χ1) is 9.07. The zero-order chi connectivity index (χ0) is 13.7. The van der Waals surface area contributed by atoms with Crippen molar-refractivity contribution in [2.75, 3.05) is 25.5 Å². The molecule has 0 bridgehead atoms. The number of aliphatic hydroxyl groups is 1. The lowest BCUT2D eigenvalue weighted by atomic mass is 10.1. The monoisotopic (exact) mass is 285 g/mol. The molecule has 1 aliphatic heterocycles. The van der Waals surface area contributed by atoms with Crippen LogP contribution in [-0.4, -0.2) is 39.0 Å². The summed E-state index contributed by atoms with van der Waals surface area (Å²) in [6.07, 6.45) is -0.0434. The van der Waals surface area contributed by atoms with E-state index in [1.165, 1.54) is 0 Å². The lowest BCUT2D eigenvalue weighted by Gasteiger charge is -2.14. The minimum Gasteiger partial charge on any atom is -0.387 e. The molecule has 2 unspecified atom stereocenters. The second-order valence-electron chi connectivity index (χ2n) is 4.79. The van der Waals surface area contributed by atoms with Crippen LogP contribution in [0.25, 0.3) is 0 Å². The standard InChI is InChI=1S/C13H19NO4S/c15-13(12-4-2-1-3-5-12)8-14-19(16,17)10-11-6-7-18-9-11/h1-5,11,13-15H,6-10H2. The zero-order valence-electron chi connectivity index (χ0n) is 10.7. The van der Waals surface area contributed by atoms with Gasteiger partial charge in [0.15, 0.2) is 0 Å². The van der Waals surface area contributed by atoms with Crippen molar-refractivity contribution in [2.45, 2.75) is 12.5 Å². The average Bonchev–Trinajstić information content (AvgIpc) is 2.89. The first-order valence-corrected chi connectivity index (χ1v) is 8.00. The highest BCUT2D eigenvalue weighted by atomic mass is 32.2. The number of sulfonamides is 1. The predicted molar refractivity (Wildman–Crippen MR) is 72.1 cm³/mol. The number of rotatable bonds is 6. The molecule has 2 N–H and O–H groups in total. The van der Waals surface area contributed by atoms with Crippen molar-refractivity contribution in [1.82, 2.24) is 4.72 Å². The molecule has 1 aliphatic rings. The Morgan fingerprint density at radius 3 is 2.74 bits per heavy atom. The van der Waals surface area contributed by atoms with Gasteiger partial charge in [0, 0.05) is 13.2 Å². The smallest absolute Gasteiger partial charge is 0.212 e. The largest absolute Gasteiger partial charge is 0.387 e. The minimum atomic E-state index is -3.36. The van der Waals surface area contributed by atoms with Crippen molar-refractivity contribution in [3.63, 3.8) is 0 Å². The lowest BCUT2D eigenvalue weighted by Crippen LogP contribution is -2.33. The van der Waals surface area contributed by atoms with Gasteiger partial charge in [0.25, 0.3) is 0 Å². The topological polar surface area (TPSA) is 75.6 Å². The molecule has 1 heterocycles. The second-order valence-corrected chi connectivity index (χ2v) is 6.64. The Hall–Kier alpha value is -0.950. The molecular weight excluding hydrogens is 266 g/mol. The molecule has 0 aliphatic carbocycles. The van der Waals surface area contributed by atoms with Gasteiger partial charge in [-0.3, -0.25) is 0 Å². The van der Waals surface area contributed by atoms with E-state index in [4.69, 9.17) is 4.74 Å². The maximum Gasteiger partial charge on any atom is 0.212 e. The van der Waals surface area contributed by atoms with Gasteiger partial charge in [0.2, 0.25) is 10.0 Å². The van der Waals surface area contributed by atoms with Crippen LogP contribution < -0.4 is 4.72 Å². The van der Waals surface area contributed by atoms with Gasteiger partial charge < -0.3 is 9.84 Å². The quantitative estimate of drug-likeness (QED) is 0.806. The Kier molecular flexibility index (Phi) is 4.93. The molecule has 2 atom stereocenters. The molecule has 1 saturated heterocycles. The van der Waals surface area contributed by atoms with E-state index in [9.17, 15) is 13.5 Å². The number of nitrogens with one attached hydrogen (secondary N) is 1. The summed E-state index contributed by atoms with van der Waals surface area (Å²) in [5.74, 6) is 0.125. The van der Waals surface area contributed by atoms with Crippen LogP contribution in [0.3, 0.4) is 0 Å². The molecular formula is C13H19NO4S. The summed E-state index contributed by atoms with van der Waals surface area (Å²) in [6.45, 7) is 1.13. The number of hydrogen-bond donors (Lipinski definition) is 2. The summed E-state index contributed by atoms with van der Waals surface area (Å²) < 4.78 is 31.3. The summed E-state index contributed by atoms with van der Waals surface area (Å²) in [4.78, 5) is 0. The van der Waals surface area contributed by atoms with Gasteiger partial charge in [-0.1, -0.05) is 30.3 Å². The summed E-state index contributed by atoms with van der Waals surface area (Å²) in [7, 11) is -3.36. The van der Waals surface area contributed by atoms with Gasteiger partial charge >= 0.3 is 0 Å². The number of hydrogen-bond acceptors (Lipinski definition) is 4. The van der Waals surface area contributed by atoms with Crippen molar-refractivity contribution < 1.29 is 18.3 Å².